The number of aryl methyl sites for hydroxylation is 1. The van der Waals surface area contributed by atoms with Crippen LogP contribution in [0, 0.1) is 6.92 Å². The molecule has 82 valence electrons. The van der Waals surface area contributed by atoms with E-state index in [4.69, 9.17) is 4.74 Å². The summed E-state index contributed by atoms with van der Waals surface area (Å²) in [6.45, 7) is 2.64. The van der Waals surface area contributed by atoms with Crippen molar-refractivity contribution in [3.05, 3.63) is 26.3 Å². The SMILES string of the molecule is Cc1nc(CC2CCCO2)[nH]c(=O)c1Br. The Bertz CT molecular complexity index is 410. The van der Waals surface area contributed by atoms with Crippen LogP contribution in [-0.2, 0) is 11.2 Å². The van der Waals surface area contributed by atoms with E-state index in [1.165, 1.54) is 0 Å². The van der Waals surface area contributed by atoms with E-state index >= 15 is 0 Å². The summed E-state index contributed by atoms with van der Waals surface area (Å²) in [5.74, 6) is 0.715. The van der Waals surface area contributed by atoms with Crippen LogP contribution in [0.3, 0.4) is 0 Å². The largest absolute Gasteiger partial charge is 0.378 e. The zero-order valence-corrected chi connectivity index (χ0v) is 10.1. The van der Waals surface area contributed by atoms with Gasteiger partial charge in [0.25, 0.3) is 5.56 Å². The van der Waals surface area contributed by atoms with Gasteiger partial charge in [0, 0.05) is 13.0 Å². The lowest BCUT2D eigenvalue weighted by atomic mass is 10.2. The van der Waals surface area contributed by atoms with E-state index in [1.54, 1.807) is 0 Å². The molecule has 0 amide bonds. The van der Waals surface area contributed by atoms with Crippen LogP contribution in [0.15, 0.2) is 9.27 Å². The molecule has 1 saturated heterocycles. The molecule has 1 unspecified atom stereocenters. The molecule has 0 aromatic carbocycles. The van der Waals surface area contributed by atoms with Gasteiger partial charge in [-0.05, 0) is 35.7 Å². The maximum Gasteiger partial charge on any atom is 0.265 e. The minimum Gasteiger partial charge on any atom is -0.378 e. The summed E-state index contributed by atoms with van der Waals surface area (Å²) in [7, 11) is 0. The van der Waals surface area contributed by atoms with Gasteiger partial charge in [0.2, 0.25) is 0 Å². The fraction of sp³-hybridized carbons (Fsp3) is 0.600. The number of hydrogen-bond donors (Lipinski definition) is 1. The van der Waals surface area contributed by atoms with Crippen LogP contribution in [0.5, 0.6) is 0 Å². The summed E-state index contributed by atoms with van der Waals surface area (Å²) in [6.07, 6.45) is 3.07. The highest BCUT2D eigenvalue weighted by molar-refractivity contribution is 9.10. The van der Waals surface area contributed by atoms with E-state index in [1.807, 2.05) is 6.92 Å². The van der Waals surface area contributed by atoms with Crippen molar-refractivity contribution in [3.8, 4) is 0 Å². The van der Waals surface area contributed by atoms with Crippen molar-refractivity contribution < 1.29 is 4.74 Å². The van der Waals surface area contributed by atoms with Crippen LogP contribution in [0.4, 0.5) is 0 Å². The van der Waals surface area contributed by atoms with Crippen molar-refractivity contribution in [2.75, 3.05) is 6.61 Å². The molecule has 0 saturated carbocycles. The standard InChI is InChI=1S/C10H13BrN2O2/c1-6-9(11)10(14)13-8(12-6)5-7-3-2-4-15-7/h7H,2-5H2,1H3,(H,12,13,14). The lowest BCUT2D eigenvalue weighted by molar-refractivity contribution is 0.110. The topological polar surface area (TPSA) is 55.0 Å². The Balaban J connectivity index is 2.18. The Morgan fingerprint density at radius 3 is 3.07 bits per heavy atom. The first-order chi connectivity index (χ1) is 7.16. The van der Waals surface area contributed by atoms with Gasteiger partial charge in [-0.3, -0.25) is 4.79 Å². The van der Waals surface area contributed by atoms with Gasteiger partial charge in [0.1, 0.15) is 10.3 Å². The van der Waals surface area contributed by atoms with Gasteiger partial charge in [-0.25, -0.2) is 4.98 Å². The Morgan fingerprint density at radius 2 is 2.47 bits per heavy atom. The first kappa shape index (κ1) is 10.8. The minimum atomic E-state index is -0.115. The molecule has 0 spiro atoms. The normalized spacial score (nSPS) is 20.8. The van der Waals surface area contributed by atoms with Gasteiger partial charge in [-0.1, -0.05) is 0 Å². The summed E-state index contributed by atoms with van der Waals surface area (Å²) in [5, 5.41) is 0. The highest BCUT2D eigenvalue weighted by atomic mass is 79.9. The zero-order valence-electron chi connectivity index (χ0n) is 8.55. The number of aromatic nitrogens is 2. The molecule has 1 aromatic heterocycles. The molecule has 0 radical (unpaired) electrons. The predicted octanol–water partition coefficient (Wildman–Crippen LogP) is 1.56. The molecule has 1 aliphatic heterocycles. The molecule has 5 heteroatoms. The molecule has 1 atom stereocenters. The lowest BCUT2D eigenvalue weighted by Gasteiger charge is -2.08. The van der Waals surface area contributed by atoms with E-state index in [9.17, 15) is 4.79 Å². The molecule has 2 heterocycles. The molecule has 15 heavy (non-hydrogen) atoms. The Hall–Kier alpha value is -0.680. The number of ether oxygens (including phenoxy) is 1. The fourth-order valence-corrected chi connectivity index (χ4v) is 1.94. The summed E-state index contributed by atoms with van der Waals surface area (Å²) in [6, 6.07) is 0. The predicted molar refractivity (Wildman–Crippen MR) is 60.0 cm³/mol. The van der Waals surface area contributed by atoms with Gasteiger partial charge in [-0.2, -0.15) is 0 Å². The second-order valence-electron chi connectivity index (χ2n) is 3.75. The average Bonchev–Trinajstić information content (AvgIpc) is 2.66. The second kappa shape index (κ2) is 4.45. The van der Waals surface area contributed by atoms with Gasteiger partial charge >= 0.3 is 0 Å². The lowest BCUT2D eigenvalue weighted by Crippen LogP contribution is -2.18. The molecule has 1 aromatic rings. The van der Waals surface area contributed by atoms with Crippen molar-refractivity contribution >= 4 is 15.9 Å². The molecule has 2 rings (SSSR count). The summed E-state index contributed by atoms with van der Waals surface area (Å²) < 4.78 is 6.01. The number of H-pyrrole nitrogens is 1. The van der Waals surface area contributed by atoms with E-state index < -0.39 is 0 Å². The average molecular weight is 273 g/mol. The molecular weight excluding hydrogens is 260 g/mol. The molecular formula is C10H13BrN2O2. The Labute approximate surface area is 96.2 Å². The smallest absolute Gasteiger partial charge is 0.265 e. The third-order valence-corrected chi connectivity index (χ3v) is 3.46. The van der Waals surface area contributed by atoms with Crippen LogP contribution >= 0.6 is 15.9 Å². The van der Waals surface area contributed by atoms with E-state index in [0.717, 1.165) is 25.1 Å². The number of nitrogens with one attached hydrogen (secondary N) is 1. The first-order valence-corrected chi connectivity index (χ1v) is 5.83. The van der Waals surface area contributed by atoms with Crippen LogP contribution in [0.2, 0.25) is 0 Å². The first-order valence-electron chi connectivity index (χ1n) is 5.03. The van der Waals surface area contributed by atoms with Crippen LogP contribution < -0.4 is 5.56 Å². The van der Waals surface area contributed by atoms with Crippen molar-refractivity contribution in [1.82, 2.24) is 9.97 Å². The van der Waals surface area contributed by atoms with Crippen molar-refractivity contribution in [2.24, 2.45) is 0 Å². The molecule has 0 aliphatic carbocycles. The van der Waals surface area contributed by atoms with Crippen molar-refractivity contribution in [2.45, 2.75) is 32.3 Å². The Kier molecular flexibility index (Phi) is 3.21. The number of halogens is 1. The monoisotopic (exact) mass is 272 g/mol. The molecule has 1 N–H and O–H groups in total. The zero-order chi connectivity index (χ0) is 10.8. The number of nitrogens with zero attached hydrogens (tertiary/aromatic N) is 1. The highest BCUT2D eigenvalue weighted by Gasteiger charge is 2.17. The molecule has 1 fully saturated rings. The van der Waals surface area contributed by atoms with Gasteiger partial charge in [0.05, 0.1) is 11.8 Å². The minimum absolute atomic E-state index is 0.115. The maximum absolute atomic E-state index is 11.5. The second-order valence-corrected chi connectivity index (χ2v) is 4.54. The quantitative estimate of drug-likeness (QED) is 0.889. The van der Waals surface area contributed by atoms with Gasteiger partial charge in [-0.15, -0.1) is 0 Å². The molecule has 0 bridgehead atoms. The molecule has 1 aliphatic rings. The van der Waals surface area contributed by atoms with E-state index in [-0.39, 0.29) is 11.7 Å². The van der Waals surface area contributed by atoms with Crippen LogP contribution in [-0.4, -0.2) is 22.7 Å². The summed E-state index contributed by atoms with van der Waals surface area (Å²) >= 11 is 3.19. The third kappa shape index (κ3) is 2.46. The number of rotatable bonds is 2. The Morgan fingerprint density at radius 1 is 1.67 bits per heavy atom. The fourth-order valence-electron chi connectivity index (χ4n) is 1.75. The third-order valence-electron chi connectivity index (χ3n) is 2.52. The van der Waals surface area contributed by atoms with Crippen LogP contribution in [0.1, 0.15) is 24.4 Å². The van der Waals surface area contributed by atoms with Crippen molar-refractivity contribution in [3.63, 3.8) is 0 Å². The van der Waals surface area contributed by atoms with Crippen molar-refractivity contribution in [1.29, 1.82) is 0 Å². The number of hydrogen-bond acceptors (Lipinski definition) is 3. The summed E-state index contributed by atoms with van der Waals surface area (Å²) in [5.41, 5.74) is 0.613. The van der Waals surface area contributed by atoms with E-state index in [2.05, 4.69) is 25.9 Å². The van der Waals surface area contributed by atoms with E-state index in [0.29, 0.717) is 16.7 Å². The van der Waals surface area contributed by atoms with Gasteiger partial charge in [0.15, 0.2) is 0 Å². The maximum atomic E-state index is 11.5. The summed E-state index contributed by atoms with van der Waals surface area (Å²) in [4.78, 5) is 18.5. The highest BCUT2D eigenvalue weighted by Crippen LogP contribution is 2.15. The van der Waals surface area contributed by atoms with Gasteiger partial charge < -0.3 is 9.72 Å². The molecule has 4 nitrogen and oxygen atoms in total. The van der Waals surface area contributed by atoms with Crippen LogP contribution in [0.25, 0.3) is 0 Å². The number of aromatic amines is 1.